The van der Waals surface area contributed by atoms with Crippen LogP contribution in [0.1, 0.15) is 44.6 Å². The average molecular weight is 337 g/mol. The Morgan fingerprint density at radius 1 is 1.22 bits per heavy atom. The number of carbonyl (C=O) groups is 1. The van der Waals surface area contributed by atoms with Crippen LogP contribution in [-0.2, 0) is 14.6 Å². The molecular formula is C18H27NO3S. The van der Waals surface area contributed by atoms with Gasteiger partial charge in [-0.3, -0.25) is 4.79 Å². The monoisotopic (exact) mass is 337 g/mol. The Morgan fingerprint density at radius 2 is 1.91 bits per heavy atom. The van der Waals surface area contributed by atoms with Crippen LogP contribution in [0.25, 0.3) is 0 Å². The molecule has 2 rings (SSSR count). The highest BCUT2D eigenvalue weighted by Gasteiger charge is 2.32. The maximum Gasteiger partial charge on any atom is 0.237 e. The highest BCUT2D eigenvalue weighted by molar-refractivity contribution is 7.92. The fourth-order valence-electron chi connectivity index (χ4n) is 3.47. The summed E-state index contributed by atoms with van der Waals surface area (Å²) in [5, 5.41) is 0. The van der Waals surface area contributed by atoms with Gasteiger partial charge in [-0.2, -0.15) is 0 Å². The van der Waals surface area contributed by atoms with Crippen molar-refractivity contribution in [3.8, 4) is 0 Å². The van der Waals surface area contributed by atoms with Crippen LogP contribution in [0.4, 0.5) is 0 Å². The maximum absolute atomic E-state index is 12.3. The predicted molar refractivity (Wildman–Crippen MR) is 93.1 cm³/mol. The van der Waals surface area contributed by atoms with E-state index in [1.807, 2.05) is 13.0 Å². The van der Waals surface area contributed by atoms with Crippen LogP contribution in [0, 0.1) is 5.92 Å². The zero-order valence-electron chi connectivity index (χ0n) is 14.1. The van der Waals surface area contributed by atoms with Crippen molar-refractivity contribution in [3.63, 3.8) is 0 Å². The molecule has 1 saturated heterocycles. The van der Waals surface area contributed by atoms with Gasteiger partial charge in [0.15, 0.2) is 9.84 Å². The molecule has 0 radical (unpaired) electrons. The molecule has 1 amide bonds. The van der Waals surface area contributed by atoms with Crippen LogP contribution in [0.2, 0.25) is 0 Å². The van der Waals surface area contributed by atoms with Gasteiger partial charge >= 0.3 is 0 Å². The molecule has 0 spiro atoms. The first-order valence-corrected chi connectivity index (χ1v) is 10.3. The highest BCUT2D eigenvalue weighted by atomic mass is 32.2. The minimum Gasteiger partial charge on any atom is -0.342 e. The van der Waals surface area contributed by atoms with E-state index in [-0.39, 0.29) is 17.4 Å². The van der Waals surface area contributed by atoms with Crippen molar-refractivity contribution in [2.75, 3.05) is 24.6 Å². The number of benzene rings is 1. The Morgan fingerprint density at radius 3 is 2.52 bits per heavy atom. The standard InChI is InChI=1S/C18H27NO3S/c1-3-12-23(21,22)14-18(20)19-11-10-17(15(4-2)13-19)16-8-6-5-7-9-16/h5-9,15,17H,3-4,10-14H2,1-2H3/t15-,17+/m1/s1. The molecular weight excluding hydrogens is 310 g/mol. The van der Waals surface area contributed by atoms with Gasteiger partial charge in [0, 0.05) is 13.1 Å². The van der Waals surface area contributed by atoms with Gasteiger partial charge < -0.3 is 4.90 Å². The van der Waals surface area contributed by atoms with Gasteiger partial charge in [-0.1, -0.05) is 50.6 Å². The Balaban J connectivity index is 2.02. The lowest BCUT2D eigenvalue weighted by atomic mass is 9.79. The second-order valence-corrected chi connectivity index (χ2v) is 8.59. The number of likely N-dealkylation sites (tertiary alicyclic amines) is 1. The van der Waals surface area contributed by atoms with Gasteiger partial charge in [0.1, 0.15) is 5.75 Å². The third-order valence-electron chi connectivity index (χ3n) is 4.70. The summed E-state index contributed by atoms with van der Waals surface area (Å²) in [5.74, 6) is 0.369. The molecule has 1 aliphatic heterocycles. The lowest BCUT2D eigenvalue weighted by Gasteiger charge is -2.38. The second kappa shape index (κ2) is 7.95. The number of hydrogen-bond acceptors (Lipinski definition) is 3. The molecule has 1 aliphatic rings. The summed E-state index contributed by atoms with van der Waals surface area (Å²) in [7, 11) is -3.26. The molecule has 0 saturated carbocycles. The first-order valence-electron chi connectivity index (χ1n) is 8.50. The average Bonchev–Trinajstić information content (AvgIpc) is 2.54. The molecule has 1 aromatic carbocycles. The van der Waals surface area contributed by atoms with E-state index in [1.54, 1.807) is 4.90 Å². The normalized spacial score (nSPS) is 22.1. The van der Waals surface area contributed by atoms with Crippen molar-refractivity contribution >= 4 is 15.7 Å². The summed E-state index contributed by atoms with van der Waals surface area (Å²) in [6, 6.07) is 10.4. The number of piperidine rings is 1. The smallest absolute Gasteiger partial charge is 0.237 e. The van der Waals surface area contributed by atoms with E-state index in [1.165, 1.54) is 5.56 Å². The van der Waals surface area contributed by atoms with E-state index in [0.717, 1.165) is 12.8 Å². The topological polar surface area (TPSA) is 54.5 Å². The molecule has 1 heterocycles. The van der Waals surface area contributed by atoms with Crippen molar-refractivity contribution in [1.29, 1.82) is 0 Å². The van der Waals surface area contributed by atoms with Crippen LogP contribution >= 0.6 is 0 Å². The first kappa shape index (κ1) is 18.0. The van der Waals surface area contributed by atoms with Crippen LogP contribution in [0.3, 0.4) is 0 Å². The molecule has 1 fully saturated rings. The third-order valence-corrected chi connectivity index (χ3v) is 6.41. The molecule has 2 atom stereocenters. The van der Waals surface area contributed by atoms with Gasteiger partial charge in [-0.25, -0.2) is 8.42 Å². The molecule has 0 bridgehead atoms. The number of carbonyl (C=O) groups excluding carboxylic acids is 1. The molecule has 0 aliphatic carbocycles. The van der Waals surface area contributed by atoms with Crippen molar-refractivity contribution in [3.05, 3.63) is 35.9 Å². The summed E-state index contributed by atoms with van der Waals surface area (Å²) in [4.78, 5) is 14.1. The summed E-state index contributed by atoms with van der Waals surface area (Å²) in [6.07, 6.45) is 2.45. The Kier molecular flexibility index (Phi) is 6.22. The van der Waals surface area contributed by atoms with Crippen LogP contribution in [-0.4, -0.2) is 43.8 Å². The SMILES string of the molecule is CCCS(=O)(=O)CC(=O)N1CC[C@H](c2ccccc2)[C@H](CC)C1. The summed E-state index contributed by atoms with van der Waals surface area (Å²) >= 11 is 0. The second-order valence-electron chi connectivity index (χ2n) is 6.41. The summed E-state index contributed by atoms with van der Waals surface area (Å²) < 4.78 is 23.7. The number of sulfone groups is 1. The van der Waals surface area contributed by atoms with Crippen LogP contribution in [0.15, 0.2) is 30.3 Å². The molecule has 0 N–H and O–H groups in total. The number of nitrogens with zero attached hydrogens (tertiary/aromatic N) is 1. The van der Waals surface area contributed by atoms with Gasteiger partial charge in [0.05, 0.1) is 5.75 Å². The Labute approximate surface area is 139 Å². The van der Waals surface area contributed by atoms with E-state index < -0.39 is 9.84 Å². The quantitative estimate of drug-likeness (QED) is 0.802. The summed E-state index contributed by atoms with van der Waals surface area (Å²) in [6.45, 7) is 5.27. The zero-order valence-corrected chi connectivity index (χ0v) is 14.9. The fraction of sp³-hybridized carbons (Fsp3) is 0.611. The van der Waals surface area contributed by atoms with E-state index in [4.69, 9.17) is 0 Å². The van der Waals surface area contributed by atoms with Crippen molar-refractivity contribution in [1.82, 2.24) is 4.90 Å². The lowest BCUT2D eigenvalue weighted by molar-refractivity contribution is -0.130. The van der Waals surface area contributed by atoms with Gasteiger partial charge in [0.2, 0.25) is 5.91 Å². The first-order chi connectivity index (χ1) is 11.0. The Hall–Kier alpha value is -1.36. The van der Waals surface area contributed by atoms with E-state index in [2.05, 4.69) is 31.2 Å². The molecule has 23 heavy (non-hydrogen) atoms. The van der Waals surface area contributed by atoms with Crippen molar-refractivity contribution in [2.45, 2.75) is 39.0 Å². The minimum absolute atomic E-state index is 0.0937. The number of rotatable bonds is 6. The molecule has 5 heteroatoms. The zero-order chi connectivity index (χ0) is 16.9. The summed E-state index contributed by atoms with van der Waals surface area (Å²) in [5.41, 5.74) is 1.32. The van der Waals surface area contributed by atoms with Crippen LogP contribution in [0.5, 0.6) is 0 Å². The van der Waals surface area contributed by atoms with Crippen molar-refractivity contribution in [2.24, 2.45) is 5.92 Å². The van der Waals surface area contributed by atoms with Gasteiger partial charge in [-0.15, -0.1) is 0 Å². The van der Waals surface area contributed by atoms with E-state index in [9.17, 15) is 13.2 Å². The maximum atomic E-state index is 12.3. The van der Waals surface area contributed by atoms with Crippen LogP contribution < -0.4 is 0 Å². The highest BCUT2D eigenvalue weighted by Crippen LogP contribution is 2.34. The minimum atomic E-state index is -3.26. The number of hydrogen-bond donors (Lipinski definition) is 0. The third kappa shape index (κ3) is 4.80. The fourth-order valence-corrected chi connectivity index (χ4v) is 4.80. The largest absolute Gasteiger partial charge is 0.342 e. The van der Waals surface area contributed by atoms with Gasteiger partial charge in [-0.05, 0) is 30.2 Å². The molecule has 0 unspecified atom stereocenters. The molecule has 128 valence electrons. The van der Waals surface area contributed by atoms with Crippen molar-refractivity contribution < 1.29 is 13.2 Å². The predicted octanol–water partition coefficient (Wildman–Crippen LogP) is 2.85. The Bertz CT molecular complexity index is 612. The van der Waals surface area contributed by atoms with E-state index >= 15 is 0 Å². The lowest BCUT2D eigenvalue weighted by Crippen LogP contribution is -2.45. The van der Waals surface area contributed by atoms with E-state index in [0.29, 0.717) is 31.3 Å². The molecule has 0 aromatic heterocycles. The number of amides is 1. The molecule has 1 aromatic rings. The molecule has 4 nitrogen and oxygen atoms in total. The van der Waals surface area contributed by atoms with Gasteiger partial charge in [0.25, 0.3) is 0 Å².